The van der Waals surface area contributed by atoms with Gasteiger partial charge in [0.05, 0.1) is 38.6 Å². The van der Waals surface area contributed by atoms with Crippen molar-refractivity contribution in [3.8, 4) is 11.5 Å². The van der Waals surface area contributed by atoms with Crippen LogP contribution in [-0.4, -0.2) is 65.8 Å². The van der Waals surface area contributed by atoms with Gasteiger partial charge in [0.25, 0.3) is 0 Å². The lowest BCUT2D eigenvalue weighted by Crippen LogP contribution is -2.67. The van der Waals surface area contributed by atoms with E-state index < -0.39 is 27.9 Å². The van der Waals surface area contributed by atoms with Crippen LogP contribution in [0.2, 0.25) is 0 Å². The number of fused-ring (bicyclic) bond motifs is 1. The number of ketones is 1. The third kappa shape index (κ3) is 5.12. The third-order valence-electron chi connectivity index (χ3n) is 14.5. The van der Waals surface area contributed by atoms with E-state index in [1.54, 1.807) is 44.0 Å². The fourth-order valence-electron chi connectivity index (χ4n) is 11.7. The van der Waals surface area contributed by atoms with Crippen LogP contribution in [0.15, 0.2) is 82.3 Å². The van der Waals surface area contributed by atoms with Crippen molar-refractivity contribution in [3.63, 3.8) is 0 Å². The van der Waals surface area contributed by atoms with Crippen LogP contribution in [0.5, 0.6) is 11.5 Å². The number of furan rings is 1. The summed E-state index contributed by atoms with van der Waals surface area (Å²) in [5.41, 5.74) is -1.27. The van der Waals surface area contributed by atoms with E-state index in [4.69, 9.17) is 13.9 Å². The van der Waals surface area contributed by atoms with Crippen LogP contribution in [0.3, 0.4) is 0 Å². The number of aliphatic hydroxyl groups excluding tert-OH is 1. The zero-order valence-electron chi connectivity index (χ0n) is 30.7. The molecule has 3 fully saturated rings. The van der Waals surface area contributed by atoms with Crippen molar-refractivity contribution in [1.82, 2.24) is 4.90 Å². The molecule has 1 aromatic carbocycles. The van der Waals surface area contributed by atoms with Gasteiger partial charge in [-0.05, 0) is 110 Å². The zero-order valence-corrected chi connectivity index (χ0v) is 31.5. The summed E-state index contributed by atoms with van der Waals surface area (Å²) in [5.74, 6) is 1.53. The number of rotatable bonds is 11. The molecule has 3 aromatic rings. The highest BCUT2D eigenvalue weighted by Crippen LogP contribution is 2.78. The Hall–Kier alpha value is -3.66. The molecule has 8 unspecified atom stereocenters. The second-order valence-electron chi connectivity index (χ2n) is 16.6. The number of hydrogen-bond donors (Lipinski definition) is 2. The van der Waals surface area contributed by atoms with Crippen molar-refractivity contribution in [1.29, 1.82) is 0 Å². The Kier molecular flexibility index (Phi) is 8.66. The average Bonchev–Trinajstić information content (AvgIpc) is 3.92. The largest absolute Gasteiger partial charge is 0.493 e. The number of amides is 1. The molecule has 0 saturated heterocycles. The quantitative estimate of drug-likeness (QED) is 0.156. The normalized spacial score (nSPS) is 35.7. The highest BCUT2D eigenvalue weighted by atomic mass is 32.1. The van der Waals surface area contributed by atoms with Crippen molar-refractivity contribution in [2.24, 2.45) is 33.5 Å². The van der Waals surface area contributed by atoms with E-state index >= 15 is 0 Å². The van der Waals surface area contributed by atoms with E-state index in [1.165, 1.54) is 4.88 Å². The number of carbonyl (C=O) groups is 2. The first-order valence-corrected chi connectivity index (χ1v) is 19.7. The molecule has 6 aliphatic rings. The lowest BCUT2D eigenvalue weighted by molar-refractivity contribution is -0.178. The van der Waals surface area contributed by atoms with Gasteiger partial charge in [-0.1, -0.05) is 44.2 Å². The molecule has 2 heterocycles. The average molecular weight is 726 g/mol. The molecule has 276 valence electrons. The van der Waals surface area contributed by atoms with Crippen molar-refractivity contribution < 1.29 is 33.7 Å². The fourth-order valence-corrected chi connectivity index (χ4v) is 12.4. The van der Waals surface area contributed by atoms with E-state index in [0.29, 0.717) is 43.1 Å². The fraction of sp³-hybridized carbons (Fsp3) is 0.535. The summed E-state index contributed by atoms with van der Waals surface area (Å²) >= 11 is 1.68. The van der Waals surface area contributed by atoms with Crippen LogP contribution in [0.1, 0.15) is 79.8 Å². The number of methoxy groups -OCH3 is 2. The van der Waals surface area contributed by atoms with E-state index in [2.05, 4.69) is 43.5 Å². The molecule has 2 aromatic heterocycles. The van der Waals surface area contributed by atoms with Gasteiger partial charge < -0.3 is 29.0 Å². The first-order valence-electron chi connectivity index (χ1n) is 18.9. The summed E-state index contributed by atoms with van der Waals surface area (Å²) < 4.78 is 16.7. The molecule has 2 spiro atoms. The highest BCUT2D eigenvalue weighted by molar-refractivity contribution is 7.09. The van der Waals surface area contributed by atoms with Crippen LogP contribution < -0.4 is 9.47 Å². The van der Waals surface area contributed by atoms with Gasteiger partial charge in [-0.25, -0.2) is 0 Å². The molecule has 2 bridgehead atoms. The van der Waals surface area contributed by atoms with Gasteiger partial charge in [0, 0.05) is 39.8 Å². The molecular formula is C43H51NO7S. The Morgan fingerprint density at radius 1 is 0.962 bits per heavy atom. The van der Waals surface area contributed by atoms with Gasteiger partial charge in [0.2, 0.25) is 11.7 Å². The summed E-state index contributed by atoms with van der Waals surface area (Å²) in [7, 11) is 3.18. The Labute approximate surface area is 310 Å². The number of Topliss-reactive ketones (excluding diaryl/α,β-unsaturated/α-hetero) is 1. The lowest BCUT2D eigenvalue weighted by atomic mass is 9.32. The van der Waals surface area contributed by atoms with Crippen LogP contribution in [-0.2, 0) is 17.6 Å². The Bertz CT molecular complexity index is 1900. The van der Waals surface area contributed by atoms with Crippen LogP contribution in [0.25, 0.3) is 0 Å². The number of hydrogen-bond acceptors (Lipinski definition) is 8. The van der Waals surface area contributed by atoms with E-state index in [0.717, 1.165) is 43.2 Å². The molecule has 8 nitrogen and oxygen atoms in total. The summed E-state index contributed by atoms with van der Waals surface area (Å²) in [6, 6.07) is 13.2. The number of thiophene rings is 1. The van der Waals surface area contributed by atoms with Crippen molar-refractivity contribution >= 4 is 23.0 Å². The molecule has 9 rings (SSSR count). The Morgan fingerprint density at radius 2 is 1.73 bits per heavy atom. The van der Waals surface area contributed by atoms with Gasteiger partial charge in [0.15, 0.2) is 17.3 Å². The second-order valence-corrected chi connectivity index (χ2v) is 17.7. The molecule has 3 saturated carbocycles. The molecule has 0 radical (unpaired) electrons. The van der Waals surface area contributed by atoms with Crippen LogP contribution in [0, 0.1) is 33.5 Å². The van der Waals surface area contributed by atoms with Gasteiger partial charge in [-0.2, -0.15) is 0 Å². The number of benzene rings is 1. The van der Waals surface area contributed by atoms with Crippen molar-refractivity contribution in [3.05, 3.63) is 94.1 Å². The Balaban J connectivity index is 1.15. The molecule has 52 heavy (non-hydrogen) atoms. The molecule has 0 aliphatic heterocycles. The van der Waals surface area contributed by atoms with Gasteiger partial charge in [-0.15, -0.1) is 11.3 Å². The molecule has 6 aliphatic carbocycles. The monoisotopic (exact) mass is 725 g/mol. The van der Waals surface area contributed by atoms with Gasteiger partial charge in [-0.3, -0.25) is 9.59 Å². The van der Waals surface area contributed by atoms with E-state index in [1.807, 2.05) is 29.2 Å². The SMILES string of the molecule is COc1ccc(CC(=O)N(CCc2cccs2)CC2(O)CCC3C45C=CC6(C=C4C(=O)c4ccco4)CC(O)CCC6(C)C5CCC32C)cc1OC. The summed E-state index contributed by atoms with van der Waals surface area (Å²) in [6.45, 7) is 5.32. The van der Waals surface area contributed by atoms with E-state index in [9.17, 15) is 19.8 Å². The number of ether oxygens (including phenoxy) is 2. The molecule has 8 atom stereocenters. The number of aliphatic hydroxyl groups is 2. The zero-order chi connectivity index (χ0) is 36.5. The summed E-state index contributed by atoms with van der Waals surface area (Å²) in [5, 5.41) is 26.1. The summed E-state index contributed by atoms with van der Waals surface area (Å²) in [4.78, 5) is 31.9. The predicted molar refractivity (Wildman–Crippen MR) is 199 cm³/mol. The minimum Gasteiger partial charge on any atom is -0.493 e. The van der Waals surface area contributed by atoms with E-state index in [-0.39, 0.29) is 41.9 Å². The minimum atomic E-state index is -1.16. The van der Waals surface area contributed by atoms with Crippen LogP contribution >= 0.6 is 11.3 Å². The second kappa shape index (κ2) is 12.7. The maximum atomic E-state index is 14.5. The molecular weight excluding hydrogens is 675 g/mol. The first-order chi connectivity index (χ1) is 24.9. The maximum absolute atomic E-state index is 14.5. The molecule has 1 amide bonds. The maximum Gasteiger partial charge on any atom is 0.227 e. The molecule has 9 heteroatoms. The third-order valence-corrected chi connectivity index (χ3v) is 15.5. The highest BCUT2D eigenvalue weighted by Gasteiger charge is 2.74. The summed E-state index contributed by atoms with van der Waals surface area (Å²) in [6.07, 6.45) is 14.0. The molecule has 2 N–H and O–H groups in total. The first kappa shape index (κ1) is 35.4. The van der Waals surface area contributed by atoms with Crippen molar-refractivity contribution in [2.45, 2.75) is 83.3 Å². The standard InChI is InChI=1S/C43H51NO7S/c1-39-15-11-29(45)25-41(39)18-19-43(31(26-41)38(47)33-8-5-21-51-33)35(39)12-16-40(2)36(43)13-17-42(40,48)27-44(20-14-30-7-6-22-52-30)37(46)24-28-9-10-32(49-3)34(23-28)50-4/h5-10,18-19,21-23,26,29,35-36,45,48H,11-17,20,24-25,27H2,1-4H3. The smallest absolute Gasteiger partial charge is 0.227 e. The topological polar surface area (TPSA) is 109 Å². The van der Waals surface area contributed by atoms with Crippen LogP contribution in [0.4, 0.5) is 0 Å². The lowest BCUT2D eigenvalue weighted by Gasteiger charge is -2.71. The number of allylic oxidation sites excluding steroid dienone is 4. The predicted octanol–water partition coefficient (Wildman–Crippen LogP) is 7.45. The number of carbonyl (C=O) groups excluding carboxylic acids is 2. The number of nitrogens with zero attached hydrogens (tertiary/aromatic N) is 1. The van der Waals surface area contributed by atoms with Gasteiger partial charge >= 0.3 is 0 Å². The minimum absolute atomic E-state index is 0.0211. The van der Waals surface area contributed by atoms with Gasteiger partial charge in [0.1, 0.15) is 0 Å². The van der Waals surface area contributed by atoms with Crippen molar-refractivity contribution in [2.75, 3.05) is 27.3 Å². The Morgan fingerprint density at radius 3 is 2.46 bits per heavy atom.